The first-order valence-electron chi connectivity index (χ1n) is 8.26. The van der Waals surface area contributed by atoms with Crippen LogP contribution in [0.4, 0.5) is 11.6 Å². The number of rotatable bonds is 3. The predicted molar refractivity (Wildman–Crippen MR) is 100 cm³/mol. The van der Waals surface area contributed by atoms with E-state index >= 15 is 0 Å². The minimum absolute atomic E-state index is 0.516. The summed E-state index contributed by atoms with van der Waals surface area (Å²) >= 11 is 0. The summed E-state index contributed by atoms with van der Waals surface area (Å²) in [5, 5.41) is 7.75. The number of hydrogen-bond donors (Lipinski definition) is 2. The summed E-state index contributed by atoms with van der Waals surface area (Å²) in [6.45, 7) is 1.94. The summed E-state index contributed by atoms with van der Waals surface area (Å²) in [5.41, 5.74) is 5.30. The van der Waals surface area contributed by atoms with E-state index in [0.717, 1.165) is 33.8 Å². The Morgan fingerprint density at radius 1 is 1.04 bits per heavy atom. The largest absolute Gasteiger partial charge is 0.342 e. The maximum atomic E-state index is 4.62. The fraction of sp³-hybridized carbons (Fsp3) is 0.0526. The molecule has 5 aromatic rings. The summed E-state index contributed by atoms with van der Waals surface area (Å²) in [6.07, 6.45) is 3.52. The van der Waals surface area contributed by atoms with Crippen molar-refractivity contribution < 1.29 is 0 Å². The molecule has 2 N–H and O–H groups in total. The number of aryl methyl sites for hydroxylation is 1. The lowest BCUT2D eigenvalue weighted by Gasteiger charge is -2.01. The van der Waals surface area contributed by atoms with Gasteiger partial charge >= 0.3 is 0 Å². The SMILES string of the molecule is Cc1nc2cc(Nc3nc4c(-c5ccccc5)nccn4n3)ccc2[nH]1. The molecular formula is C19H15N7. The van der Waals surface area contributed by atoms with Gasteiger partial charge in [-0.3, -0.25) is 4.98 Å². The van der Waals surface area contributed by atoms with Crippen molar-refractivity contribution in [1.29, 1.82) is 0 Å². The summed E-state index contributed by atoms with van der Waals surface area (Å²) < 4.78 is 1.73. The second kappa shape index (κ2) is 5.66. The van der Waals surface area contributed by atoms with Crippen LogP contribution < -0.4 is 5.32 Å². The molecule has 0 saturated heterocycles. The Morgan fingerprint density at radius 2 is 1.92 bits per heavy atom. The molecule has 3 aromatic heterocycles. The van der Waals surface area contributed by atoms with E-state index in [2.05, 4.69) is 30.4 Å². The van der Waals surface area contributed by atoms with Crippen LogP contribution in [0.25, 0.3) is 27.9 Å². The highest BCUT2D eigenvalue weighted by Gasteiger charge is 2.11. The van der Waals surface area contributed by atoms with Gasteiger partial charge in [0.1, 0.15) is 11.5 Å². The Morgan fingerprint density at radius 3 is 2.81 bits per heavy atom. The maximum Gasteiger partial charge on any atom is 0.247 e. The third-order valence-corrected chi connectivity index (χ3v) is 4.16. The van der Waals surface area contributed by atoms with Gasteiger partial charge in [0, 0.05) is 23.6 Å². The number of fused-ring (bicyclic) bond motifs is 2. The van der Waals surface area contributed by atoms with E-state index in [0.29, 0.717) is 11.6 Å². The van der Waals surface area contributed by atoms with Crippen LogP contribution >= 0.6 is 0 Å². The normalized spacial score (nSPS) is 11.3. The van der Waals surface area contributed by atoms with Crippen LogP contribution in [0.5, 0.6) is 0 Å². The summed E-state index contributed by atoms with van der Waals surface area (Å²) in [6, 6.07) is 15.9. The Kier molecular flexibility index (Phi) is 3.18. The molecule has 0 aliphatic carbocycles. The van der Waals surface area contributed by atoms with Gasteiger partial charge < -0.3 is 10.3 Å². The van der Waals surface area contributed by atoms with Crippen LogP contribution in [0.1, 0.15) is 5.82 Å². The van der Waals surface area contributed by atoms with Crippen molar-refractivity contribution in [2.75, 3.05) is 5.32 Å². The number of aromatic amines is 1. The van der Waals surface area contributed by atoms with E-state index < -0.39 is 0 Å². The zero-order valence-corrected chi connectivity index (χ0v) is 14.0. The monoisotopic (exact) mass is 341 g/mol. The molecule has 5 rings (SSSR count). The smallest absolute Gasteiger partial charge is 0.247 e. The quantitative estimate of drug-likeness (QED) is 0.522. The average molecular weight is 341 g/mol. The fourth-order valence-corrected chi connectivity index (χ4v) is 3.01. The number of anilines is 2. The van der Waals surface area contributed by atoms with E-state index in [9.17, 15) is 0 Å². The lowest BCUT2D eigenvalue weighted by Crippen LogP contribution is -1.93. The third-order valence-electron chi connectivity index (χ3n) is 4.16. The zero-order valence-electron chi connectivity index (χ0n) is 14.0. The Hall–Kier alpha value is -3.74. The second-order valence-electron chi connectivity index (χ2n) is 6.02. The molecule has 0 fully saturated rings. The van der Waals surface area contributed by atoms with Gasteiger partial charge in [-0.1, -0.05) is 30.3 Å². The molecule has 2 aromatic carbocycles. The van der Waals surface area contributed by atoms with Crippen LogP contribution in [-0.4, -0.2) is 29.5 Å². The van der Waals surface area contributed by atoms with E-state index in [1.54, 1.807) is 16.9 Å². The number of aromatic nitrogens is 6. The van der Waals surface area contributed by atoms with Crippen molar-refractivity contribution in [3.63, 3.8) is 0 Å². The number of H-pyrrole nitrogens is 1. The van der Waals surface area contributed by atoms with E-state index in [4.69, 9.17) is 0 Å². The van der Waals surface area contributed by atoms with Gasteiger partial charge in [0.2, 0.25) is 5.95 Å². The molecule has 0 aliphatic heterocycles. The standard InChI is InChI=1S/C19H15N7/c1-12-21-15-8-7-14(11-16(15)22-12)23-19-24-18-17(13-5-3-2-4-6-13)20-9-10-26(18)25-19/h2-11H,1H3,(H,21,22)(H,23,25). The minimum Gasteiger partial charge on any atom is -0.342 e. The Bertz CT molecular complexity index is 1220. The zero-order chi connectivity index (χ0) is 17.5. The topological polar surface area (TPSA) is 83.8 Å². The van der Waals surface area contributed by atoms with Crippen molar-refractivity contribution in [3.8, 4) is 11.3 Å². The molecule has 0 radical (unpaired) electrons. The molecule has 0 spiro atoms. The molecule has 0 bridgehead atoms. The molecule has 3 heterocycles. The van der Waals surface area contributed by atoms with E-state index in [1.165, 1.54) is 0 Å². The number of benzene rings is 2. The summed E-state index contributed by atoms with van der Waals surface area (Å²) in [5.74, 6) is 1.41. The van der Waals surface area contributed by atoms with Gasteiger partial charge in [-0.2, -0.15) is 4.98 Å². The molecule has 0 aliphatic rings. The van der Waals surface area contributed by atoms with Gasteiger partial charge in [-0.05, 0) is 25.1 Å². The number of imidazole rings is 1. The molecular weight excluding hydrogens is 326 g/mol. The Balaban J connectivity index is 1.55. The second-order valence-corrected chi connectivity index (χ2v) is 6.02. The molecule has 7 heteroatoms. The van der Waals surface area contributed by atoms with Gasteiger partial charge in [0.15, 0.2) is 5.65 Å². The molecule has 0 unspecified atom stereocenters. The third kappa shape index (κ3) is 2.46. The minimum atomic E-state index is 0.516. The van der Waals surface area contributed by atoms with Crippen LogP contribution in [0.3, 0.4) is 0 Å². The van der Waals surface area contributed by atoms with Crippen molar-refractivity contribution >= 4 is 28.3 Å². The highest BCUT2D eigenvalue weighted by Crippen LogP contribution is 2.23. The van der Waals surface area contributed by atoms with Crippen LogP contribution in [-0.2, 0) is 0 Å². The molecule has 7 nitrogen and oxygen atoms in total. The van der Waals surface area contributed by atoms with E-state index in [-0.39, 0.29) is 0 Å². The first kappa shape index (κ1) is 14.6. The Labute approximate surface area is 148 Å². The van der Waals surface area contributed by atoms with Gasteiger partial charge in [0.05, 0.1) is 11.0 Å². The molecule has 0 saturated carbocycles. The van der Waals surface area contributed by atoms with E-state index in [1.807, 2.05) is 55.5 Å². The molecule has 26 heavy (non-hydrogen) atoms. The molecule has 0 atom stereocenters. The van der Waals surface area contributed by atoms with Gasteiger partial charge in [0.25, 0.3) is 0 Å². The van der Waals surface area contributed by atoms with Crippen molar-refractivity contribution in [2.45, 2.75) is 6.92 Å². The number of hydrogen-bond acceptors (Lipinski definition) is 5. The van der Waals surface area contributed by atoms with Gasteiger partial charge in [-0.15, -0.1) is 5.10 Å². The number of nitrogens with zero attached hydrogens (tertiary/aromatic N) is 5. The first-order chi connectivity index (χ1) is 12.8. The average Bonchev–Trinajstić information content (AvgIpc) is 3.23. The highest BCUT2D eigenvalue weighted by molar-refractivity contribution is 5.80. The van der Waals surface area contributed by atoms with Crippen LogP contribution in [0, 0.1) is 6.92 Å². The summed E-state index contributed by atoms with van der Waals surface area (Å²) in [7, 11) is 0. The van der Waals surface area contributed by atoms with Crippen molar-refractivity contribution in [3.05, 3.63) is 66.7 Å². The summed E-state index contributed by atoms with van der Waals surface area (Å²) in [4.78, 5) is 16.8. The predicted octanol–water partition coefficient (Wildman–Crippen LogP) is 3.72. The lowest BCUT2D eigenvalue weighted by molar-refractivity contribution is 0.952. The maximum absolute atomic E-state index is 4.62. The fourth-order valence-electron chi connectivity index (χ4n) is 3.01. The molecule has 126 valence electrons. The highest BCUT2D eigenvalue weighted by atomic mass is 15.3. The van der Waals surface area contributed by atoms with Gasteiger partial charge in [-0.25, -0.2) is 9.50 Å². The van der Waals surface area contributed by atoms with Crippen molar-refractivity contribution in [2.24, 2.45) is 0 Å². The van der Waals surface area contributed by atoms with Crippen LogP contribution in [0.15, 0.2) is 60.9 Å². The van der Waals surface area contributed by atoms with Crippen molar-refractivity contribution in [1.82, 2.24) is 29.5 Å². The molecule has 0 amide bonds. The van der Waals surface area contributed by atoms with Crippen LogP contribution in [0.2, 0.25) is 0 Å². The first-order valence-corrected chi connectivity index (χ1v) is 8.26. The number of nitrogens with one attached hydrogen (secondary N) is 2. The lowest BCUT2D eigenvalue weighted by atomic mass is 10.1.